The lowest BCUT2D eigenvalue weighted by Crippen LogP contribution is -2.33. The Balaban J connectivity index is 1.42. The van der Waals surface area contributed by atoms with Crippen molar-refractivity contribution in [2.75, 3.05) is 6.61 Å². The van der Waals surface area contributed by atoms with Crippen LogP contribution in [-0.2, 0) is 32.8 Å². The maximum Gasteiger partial charge on any atom is 0.307 e. The van der Waals surface area contributed by atoms with Crippen LogP contribution in [0.5, 0.6) is 28.7 Å². The molecule has 0 heterocycles. The van der Waals surface area contributed by atoms with Gasteiger partial charge in [-0.2, -0.15) is 0 Å². The van der Waals surface area contributed by atoms with Crippen LogP contribution in [0.15, 0.2) is 48.5 Å². The highest BCUT2D eigenvalue weighted by Crippen LogP contribution is 2.41. The molecule has 4 rings (SSSR count). The largest absolute Gasteiger partial charge is 0.486 e. The van der Waals surface area contributed by atoms with Crippen molar-refractivity contribution in [2.24, 2.45) is 0 Å². The number of aliphatic carboxylic acids is 2. The third-order valence-corrected chi connectivity index (χ3v) is 12.7. The summed E-state index contributed by atoms with van der Waals surface area (Å²) in [6, 6.07) is 15.3. The number of carboxylic acids is 2. The van der Waals surface area contributed by atoms with Crippen LogP contribution < -0.4 is 14.2 Å². The molecule has 0 aliphatic carbocycles. The van der Waals surface area contributed by atoms with Gasteiger partial charge in [-0.05, 0) is 247 Å². The van der Waals surface area contributed by atoms with E-state index in [1.807, 2.05) is 55.5 Å². The van der Waals surface area contributed by atoms with Crippen LogP contribution in [0, 0.1) is 35.3 Å². The van der Waals surface area contributed by atoms with Crippen LogP contribution in [0.25, 0.3) is 0 Å². The van der Waals surface area contributed by atoms with E-state index in [0.29, 0.717) is 30.3 Å². The fourth-order valence-corrected chi connectivity index (χ4v) is 12.0. The van der Waals surface area contributed by atoms with Crippen molar-refractivity contribution < 1.29 is 38.7 Å². The van der Waals surface area contributed by atoms with Gasteiger partial charge >= 0.3 is 11.9 Å². The minimum atomic E-state index is -0.869. The minimum Gasteiger partial charge on any atom is -0.486 e. The molecule has 0 radical (unpaired) electrons. The second-order valence-electron chi connectivity index (χ2n) is 13.2. The third kappa shape index (κ3) is 12.0. The van der Waals surface area contributed by atoms with Crippen molar-refractivity contribution in [1.82, 2.24) is 0 Å². The number of hydrogen-bond acceptors (Lipinski definition) is 6. The first-order chi connectivity index (χ1) is 24.2. The molecule has 0 saturated carbocycles. The highest BCUT2D eigenvalue weighted by Gasteiger charge is 2.30. The summed E-state index contributed by atoms with van der Waals surface area (Å²) < 4.78 is 31.2. The molecule has 52 heavy (non-hydrogen) atoms. The molecule has 0 atom stereocenters. The first kappa shape index (κ1) is 44.3. The topological polar surface area (TPSA) is 112 Å². The van der Waals surface area contributed by atoms with Crippen molar-refractivity contribution in [3.8, 4) is 28.7 Å². The Morgan fingerprint density at radius 3 is 1.54 bits per heavy atom. The van der Waals surface area contributed by atoms with Gasteiger partial charge in [-0.25, -0.2) is 0 Å². The number of halogens is 6. The van der Waals surface area contributed by atoms with Crippen LogP contribution in [0.3, 0.4) is 0 Å². The van der Waals surface area contributed by atoms with Crippen molar-refractivity contribution >= 4 is 147 Å². The molecule has 0 spiro atoms. The van der Waals surface area contributed by atoms with E-state index in [0.717, 1.165) is 60.7 Å². The van der Waals surface area contributed by atoms with Gasteiger partial charge in [-0.3, -0.25) is 9.59 Å². The van der Waals surface area contributed by atoms with Gasteiger partial charge in [0.25, 0.3) is 0 Å². The predicted octanol–water partition coefficient (Wildman–Crippen LogP) is 12.3. The molecule has 0 unspecified atom stereocenters. The maximum atomic E-state index is 11.2. The Labute approximate surface area is 386 Å². The van der Waals surface area contributed by atoms with Gasteiger partial charge in [0, 0.05) is 9.99 Å². The van der Waals surface area contributed by atoms with Crippen LogP contribution in [0.1, 0.15) is 61.9 Å². The molecule has 0 bridgehead atoms. The molecule has 0 saturated heterocycles. The van der Waals surface area contributed by atoms with Crippen LogP contribution in [-0.4, -0.2) is 34.4 Å². The van der Waals surface area contributed by atoms with Gasteiger partial charge in [0.2, 0.25) is 0 Å². The quantitative estimate of drug-likeness (QED) is 0.113. The zero-order valence-electron chi connectivity index (χ0n) is 29.1. The Kier molecular flexibility index (Phi) is 15.9. The summed E-state index contributed by atoms with van der Waals surface area (Å²) in [5.41, 5.74) is 3.38. The van der Waals surface area contributed by atoms with E-state index in [9.17, 15) is 19.8 Å². The van der Waals surface area contributed by atoms with E-state index in [4.69, 9.17) is 18.9 Å². The SMILES string of the molecule is Cc1cc(CC(=O)O)cc(I)c1Oc1cc(C)c(C(C)(C)OCCC(C)(C)Oc2c(I)cc(Oc3c(I)cc(CC(=O)O)cc3I)cc2I)c(I)c1. The lowest BCUT2D eigenvalue weighted by Gasteiger charge is -2.32. The zero-order chi connectivity index (χ0) is 38.7. The Morgan fingerprint density at radius 2 is 1.04 bits per heavy atom. The fraction of sp³-hybridized carbons (Fsp3) is 0.316. The molecule has 0 fully saturated rings. The molecule has 4 aromatic rings. The molecule has 0 amide bonds. The van der Waals surface area contributed by atoms with Crippen LogP contribution in [0.2, 0.25) is 0 Å². The van der Waals surface area contributed by atoms with Gasteiger partial charge in [-0.15, -0.1) is 0 Å². The van der Waals surface area contributed by atoms with Crippen LogP contribution in [0.4, 0.5) is 0 Å². The molecule has 2 N–H and O–H groups in total. The van der Waals surface area contributed by atoms with Crippen LogP contribution >= 0.6 is 136 Å². The van der Waals surface area contributed by atoms with Crippen molar-refractivity contribution in [1.29, 1.82) is 0 Å². The molecule has 8 nitrogen and oxygen atoms in total. The highest BCUT2D eigenvalue weighted by atomic mass is 127. The standard InChI is InChI=1S/C38H36I6O8/c1-19-10-23(50-34-20(2)9-21(11-26(34)40)14-31(45)46)16-25(39)33(19)38(5,6)49-8-7-37(3,4)52-36-29(43)17-24(18-30(36)44)51-35-27(41)12-22(13-28(35)42)15-32(47)48/h9-13,16-18H,7-8,14-15H2,1-6H3,(H,45,46)(H,47,48). The van der Waals surface area contributed by atoms with E-state index in [2.05, 4.69) is 170 Å². The Hall–Kier alpha value is -0.440. The van der Waals surface area contributed by atoms with Gasteiger partial charge in [-0.1, -0.05) is 6.07 Å². The summed E-state index contributed by atoms with van der Waals surface area (Å²) in [6.07, 6.45) is 0.578. The lowest BCUT2D eigenvalue weighted by atomic mass is 9.93. The van der Waals surface area contributed by atoms with E-state index >= 15 is 0 Å². The molecule has 0 aliphatic rings. The van der Waals surface area contributed by atoms with E-state index in [1.165, 1.54) is 0 Å². The number of rotatable bonds is 15. The molecular weight excluding hydrogens is 1350 g/mol. The smallest absolute Gasteiger partial charge is 0.307 e. The highest BCUT2D eigenvalue weighted by molar-refractivity contribution is 14.1. The minimum absolute atomic E-state index is 0.0297. The normalized spacial score (nSPS) is 11.8. The Morgan fingerprint density at radius 1 is 0.596 bits per heavy atom. The number of aryl methyl sites for hydroxylation is 2. The number of hydrogen-bond donors (Lipinski definition) is 2. The van der Waals surface area contributed by atoms with E-state index < -0.39 is 23.1 Å². The number of ether oxygens (including phenoxy) is 4. The first-order valence-corrected chi connectivity index (χ1v) is 22.3. The van der Waals surface area contributed by atoms with Gasteiger partial charge in [0.05, 0.1) is 42.9 Å². The molecule has 14 heteroatoms. The predicted molar refractivity (Wildman–Crippen MR) is 253 cm³/mol. The summed E-state index contributed by atoms with van der Waals surface area (Å²) >= 11 is 13.4. The summed E-state index contributed by atoms with van der Waals surface area (Å²) in [5.74, 6) is 1.84. The summed E-state index contributed by atoms with van der Waals surface area (Å²) in [5, 5.41) is 18.4. The molecule has 0 aromatic heterocycles. The second-order valence-corrected chi connectivity index (χ2v) is 20.2. The Bertz CT molecular complexity index is 1920. The summed E-state index contributed by atoms with van der Waals surface area (Å²) in [4.78, 5) is 22.4. The van der Waals surface area contributed by atoms with Crippen molar-refractivity contribution in [3.05, 3.63) is 97.8 Å². The first-order valence-electron chi connectivity index (χ1n) is 15.8. The zero-order valence-corrected chi connectivity index (χ0v) is 42.0. The van der Waals surface area contributed by atoms with Crippen molar-refractivity contribution in [2.45, 2.75) is 72.0 Å². The molecular formula is C38H36I6O8. The molecule has 0 aliphatic heterocycles. The van der Waals surface area contributed by atoms with Crippen molar-refractivity contribution in [3.63, 3.8) is 0 Å². The average Bonchev–Trinajstić information content (AvgIpc) is 2.97. The monoisotopic (exact) mass is 1380 g/mol. The second kappa shape index (κ2) is 18.7. The number of carbonyl (C=O) groups is 2. The van der Waals surface area contributed by atoms with Gasteiger partial charge in [0.15, 0.2) is 5.75 Å². The summed E-state index contributed by atoms with van der Waals surface area (Å²) in [7, 11) is 0. The van der Waals surface area contributed by atoms with E-state index in [1.54, 1.807) is 0 Å². The van der Waals surface area contributed by atoms with Gasteiger partial charge < -0.3 is 29.2 Å². The summed E-state index contributed by atoms with van der Waals surface area (Å²) in [6.45, 7) is 12.7. The average molecular weight is 1380 g/mol. The molecule has 278 valence electrons. The fourth-order valence-electron chi connectivity index (χ4n) is 5.61. The van der Waals surface area contributed by atoms with E-state index in [-0.39, 0.29) is 12.8 Å². The number of carboxylic acid groups (broad SMARTS) is 2. The third-order valence-electron chi connectivity index (χ3n) is 7.88. The number of benzene rings is 4. The maximum absolute atomic E-state index is 11.2. The lowest BCUT2D eigenvalue weighted by molar-refractivity contribution is -0.137. The van der Waals surface area contributed by atoms with Gasteiger partial charge in [0.1, 0.15) is 28.6 Å². The molecule has 4 aromatic carbocycles.